The lowest BCUT2D eigenvalue weighted by Crippen LogP contribution is -2.31. The molecule has 0 spiro atoms. The number of piperidine rings is 1. The van der Waals surface area contributed by atoms with E-state index in [9.17, 15) is 0 Å². The van der Waals surface area contributed by atoms with Gasteiger partial charge in [0.2, 0.25) is 5.89 Å². The first-order valence-corrected chi connectivity index (χ1v) is 10.5. The molecule has 31 heavy (non-hydrogen) atoms. The van der Waals surface area contributed by atoms with Crippen LogP contribution in [0.5, 0.6) is 0 Å². The summed E-state index contributed by atoms with van der Waals surface area (Å²) in [7, 11) is 3.85. The third kappa shape index (κ3) is 3.80. The van der Waals surface area contributed by atoms with Crippen molar-refractivity contribution < 1.29 is 9.15 Å². The molecule has 1 aliphatic rings. The van der Waals surface area contributed by atoms with Crippen LogP contribution in [0.3, 0.4) is 0 Å². The third-order valence-electron chi connectivity index (χ3n) is 5.91. The summed E-state index contributed by atoms with van der Waals surface area (Å²) in [6, 6.07) is 10.0. The Morgan fingerprint density at radius 1 is 1.19 bits per heavy atom. The number of methoxy groups -OCH3 is 1. The van der Waals surface area contributed by atoms with Gasteiger partial charge >= 0.3 is 0 Å². The fourth-order valence-corrected chi connectivity index (χ4v) is 4.14. The van der Waals surface area contributed by atoms with Crippen LogP contribution >= 0.6 is 0 Å². The van der Waals surface area contributed by atoms with E-state index in [2.05, 4.69) is 32.8 Å². The normalized spacial score (nSPS) is 15.7. The number of anilines is 1. The number of benzene rings is 1. The van der Waals surface area contributed by atoms with Crippen molar-refractivity contribution in [3.63, 3.8) is 0 Å². The molecule has 4 aromatic rings. The van der Waals surface area contributed by atoms with Crippen LogP contribution in [-0.4, -0.2) is 51.9 Å². The van der Waals surface area contributed by atoms with Crippen LogP contribution in [0.2, 0.25) is 0 Å². The predicted molar refractivity (Wildman–Crippen MR) is 119 cm³/mol. The second kappa shape index (κ2) is 8.13. The van der Waals surface area contributed by atoms with Crippen molar-refractivity contribution in [3.05, 3.63) is 48.4 Å². The van der Waals surface area contributed by atoms with Gasteiger partial charge in [-0.25, -0.2) is 9.97 Å². The zero-order valence-corrected chi connectivity index (χ0v) is 17.8. The summed E-state index contributed by atoms with van der Waals surface area (Å²) in [6.07, 6.45) is 6.04. The molecule has 0 bridgehead atoms. The van der Waals surface area contributed by atoms with Crippen LogP contribution < -0.4 is 5.73 Å². The number of likely N-dealkylation sites (tertiary alicyclic amines) is 1. The van der Waals surface area contributed by atoms with Gasteiger partial charge in [0.1, 0.15) is 11.3 Å². The van der Waals surface area contributed by atoms with E-state index < -0.39 is 0 Å². The Labute approximate surface area is 180 Å². The molecule has 0 aliphatic carbocycles. The Morgan fingerprint density at radius 2 is 2.00 bits per heavy atom. The van der Waals surface area contributed by atoms with E-state index in [-0.39, 0.29) is 0 Å². The fourth-order valence-electron chi connectivity index (χ4n) is 4.14. The highest BCUT2D eigenvalue weighted by Crippen LogP contribution is 2.33. The molecular formula is C23H26N6O2. The van der Waals surface area contributed by atoms with Gasteiger partial charge in [0.15, 0.2) is 5.58 Å². The van der Waals surface area contributed by atoms with Crippen LogP contribution in [0, 0.1) is 0 Å². The van der Waals surface area contributed by atoms with Gasteiger partial charge in [-0.05, 0) is 51.2 Å². The standard InChI is InChI=1S/C23H26N6O2/c1-28-9-7-16(8-10-28)29-13-18(20(27-29)14-30-2)15-11-17(22(24)25-12-15)23-26-19-5-3-4-6-21(19)31-23/h3-6,11-13,16H,7-10,14H2,1-2H3,(H2,24,25). The molecule has 0 unspecified atom stereocenters. The number of nitrogens with two attached hydrogens (primary N) is 1. The zero-order chi connectivity index (χ0) is 21.4. The van der Waals surface area contributed by atoms with Crippen LogP contribution in [0.15, 0.2) is 47.1 Å². The first-order chi connectivity index (χ1) is 15.1. The molecule has 0 radical (unpaired) electrons. The molecule has 2 N–H and O–H groups in total. The topological polar surface area (TPSA) is 95.2 Å². The van der Waals surface area contributed by atoms with Gasteiger partial charge in [0.05, 0.1) is 23.9 Å². The largest absolute Gasteiger partial charge is 0.436 e. The molecule has 0 atom stereocenters. The number of nitrogens with zero attached hydrogens (tertiary/aromatic N) is 5. The van der Waals surface area contributed by atoms with E-state index in [1.54, 1.807) is 13.3 Å². The lowest BCUT2D eigenvalue weighted by atomic mass is 10.0. The van der Waals surface area contributed by atoms with Crippen LogP contribution in [0.25, 0.3) is 33.7 Å². The summed E-state index contributed by atoms with van der Waals surface area (Å²) in [4.78, 5) is 11.4. The van der Waals surface area contributed by atoms with Crippen LogP contribution in [0.4, 0.5) is 5.82 Å². The van der Waals surface area contributed by atoms with Gasteiger partial charge in [0, 0.05) is 30.6 Å². The summed E-state index contributed by atoms with van der Waals surface area (Å²) < 4.78 is 13.4. The van der Waals surface area contributed by atoms with E-state index in [1.807, 2.05) is 30.3 Å². The third-order valence-corrected chi connectivity index (χ3v) is 5.91. The minimum atomic E-state index is 0.381. The number of ether oxygens (including phenoxy) is 1. The second-order valence-electron chi connectivity index (χ2n) is 8.08. The summed E-state index contributed by atoms with van der Waals surface area (Å²) in [5, 5.41) is 4.86. The highest BCUT2D eigenvalue weighted by molar-refractivity contribution is 5.81. The first kappa shape index (κ1) is 19.7. The fraction of sp³-hybridized carbons (Fsp3) is 0.348. The molecule has 1 fully saturated rings. The molecule has 160 valence electrons. The number of pyridine rings is 1. The van der Waals surface area contributed by atoms with E-state index in [0.717, 1.165) is 53.9 Å². The predicted octanol–water partition coefficient (Wildman–Crippen LogP) is 3.75. The van der Waals surface area contributed by atoms with Gasteiger partial charge < -0.3 is 19.8 Å². The van der Waals surface area contributed by atoms with Gasteiger partial charge in [-0.3, -0.25) is 4.68 Å². The maximum absolute atomic E-state index is 6.19. The SMILES string of the molecule is COCc1nn(C2CCN(C)CC2)cc1-c1cnc(N)c(-c2nc3ccccc3o2)c1. The van der Waals surface area contributed by atoms with Crippen molar-refractivity contribution in [2.24, 2.45) is 0 Å². The molecule has 4 heterocycles. The molecule has 0 amide bonds. The monoisotopic (exact) mass is 418 g/mol. The number of nitrogen functional groups attached to an aromatic ring is 1. The number of para-hydroxylation sites is 2. The van der Waals surface area contributed by atoms with Crippen molar-refractivity contribution in [2.45, 2.75) is 25.5 Å². The van der Waals surface area contributed by atoms with Crippen molar-refractivity contribution in [1.82, 2.24) is 24.6 Å². The van der Waals surface area contributed by atoms with Crippen molar-refractivity contribution >= 4 is 16.9 Å². The smallest absolute Gasteiger partial charge is 0.231 e. The number of oxazole rings is 1. The molecule has 0 saturated carbocycles. The van der Waals surface area contributed by atoms with Gasteiger partial charge in [0.25, 0.3) is 0 Å². The Morgan fingerprint density at radius 3 is 2.77 bits per heavy atom. The lowest BCUT2D eigenvalue weighted by molar-refractivity contribution is 0.178. The number of fused-ring (bicyclic) bond motifs is 1. The van der Waals surface area contributed by atoms with Gasteiger partial charge in [-0.15, -0.1) is 0 Å². The minimum absolute atomic E-state index is 0.381. The quantitative estimate of drug-likeness (QED) is 0.527. The Kier molecular flexibility index (Phi) is 5.17. The number of aromatic nitrogens is 4. The first-order valence-electron chi connectivity index (χ1n) is 10.5. The average Bonchev–Trinajstić information content (AvgIpc) is 3.39. The summed E-state index contributed by atoms with van der Waals surface area (Å²) in [5.74, 6) is 0.843. The second-order valence-corrected chi connectivity index (χ2v) is 8.08. The van der Waals surface area contributed by atoms with Crippen molar-refractivity contribution in [3.8, 4) is 22.6 Å². The van der Waals surface area contributed by atoms with Crippen molar-refractivity contribution in [1.29, 1.82) is 0 Å². The van der Waals surface area contributed by atoms with Crippen molar-refractivity contribution in [2.75, 3.05) is 33.0 Å². The molecule has 1 aromatic carbocycles. The molecule has 8 heteroatoms. The van der Waals surface area contributed by atoms with E-state index in [4.69, 9.17) is 20.0 Å². The maximum atomic E-state index is 6.19. The average molecular weight is 419 g/mol. The van der Waals surface area contributed by atoms with Gasteiger partial charge in [-0.2, -0.15) is 5.10 Å². The summed E-state index contributed by atoms with van der Waals surface area (Å²) in [5.41, 5.74) is 11.2. The van der Waals surface area contributed by atoms with Crippen LogP contribution in [0.1, 0.15) is 24.6 Å². The Bertz CT molecular complexity index is 1170. The lowest BCUT2D eigenvalue weighted by Gasteiger charge is -2.29. The zero-order valence-electron chi connectivity index (χ0n) is 17.8. The molecular weight excluding hydrogens is 392 g/mol. The molecule has 1 aliphatic heterocycles. The Balaban J connectivity index is 1.54. The van der Waals surface area contributed by atoms with E-state index >= 15 is 0 Å². The maximum Gasteiger partial charge on any atom is 0.231 e. The highest BCUT2D eigenvalue weighted by Gasteiger charge is 2.22. The van der Waals surface area contributed by atoms with E-state index in [1.165, 1.54) is 0 Å². The highest BCUT2D eigenvalue weighted by atomic mass is 16.5. The van der Waals surface area contributed by atoms with Gasteiger partial charge in [-0.1, -0.05) is 12.1 Å². The summed E-state index contributed by atoms with van der Waals surface area (Å²) in [6.45, 7) is 2.58. The number of rotatable bonds is 5. The molecule has 8 nitrogen and oxygen atoms in total. The number of hydrogen-bond donors (Lipinski definition) is 1. The van der Waals surface area contributed by atoms with Crippen LogP contribution in [-0.2, 0) is 11.3 Å². The Hall–Kier alpha value is -3.23. The molecule has 1 saturated heterocycles. The summed E-state index contributed by atoms with van der Waals surface area (Å²) >= 11 is 0. The molecule has 3 aromatic heterocycles. The molecule has 5 rings (SSSR count). The van der Waals surface area contributed by atoms with E-state index in [0.29, 0.717) is 29.9 Å². The minimum Gasteiger partial charge on any atom is -0.436 e. The number of hydrogen-bond acceptors (Lipinski definition) is 7.